The van der Waals surface area contributed by atoms with E-state index in [1.54, 1.807) is 0 Å². The molecule has 0 spiro atoms. The molecule has 0 fully saturated rings. The first-order chi connectivity index (χ1) is 10.6. The molecule has 0 aliphatic carbocycles. The SMILES string of the molecule is CC=CC=CC(C)C(CC)Nc1ccc2c(c1)CCC(C)N2. The zero-order valence-electron chi connectivity index (χ0n) is 14.4. The zero-order chi connectivity index (χ0) is 15.9. The summed E-state index contributed by atoms with van der Waals surface area (Å²) in [6, 6.07) is 7.80. The van der Waals surface area contributed by atoms with Gasteiger partial charge in [-0.15, -0.1) is 0 Å². The van der Waals surface area contributed by atoms with Crippen LogP contribution in [0.2, 0.25) is 0 Å². The largest absolute Gasteiger partial charge is 0.382 e. The number of hydrogen-bond acceptors (Lipinski definition) is 2. The van der Waals surface area contributed by atoms with Gasteiger partial charge in [0.2, 0.25) is 0 Å². The molecular weight excluding hydrogens is 268 g/mol. The number of nitrogens with one attached hydrogen (secondary N) is 2. The fourth-order valence-corrected chi connectivity index (χ4v) is 3.04. The topological polar surface area (TPSA) is 24.1 Å². The summed E-state index contributed by atoms with van der Waals surface area (Å²) in [7, 11) is 0. The summed E-state index contributed by atoms with van der Waals surface area (Å²) >= 11 is 0. The van der Waals surface area contributed by atoms with E-state index in [1.165, 1.54) is 29.8 Å². The summed E-state index contributed by atoms with van der Waals surface area (Å²) in [5, 5.41) is 7.28. The second kappa shape index (κ2) is 8.07. The molecule has 0 amide bonds. The molecule has 1 aromatic carbocycles. The van der Waals surface area contributed by atoms with Crippen LogP contribution in [0.4, 0.5) is 11.4 Å². The van der Waals surface area contributed by atoms with E-state index in [4.69, 9.17) is 0 Å². The van der Waals surface area contributed by atoms with Crippen LogP contribution in [0.5, 0.6) is 0 Å². The zero-order valence-corrected chi connectivity index (χ0v) is 14.4. The number of benzene rings is 1. The minimum Gasteiger partial charge on any atom is -0.382 e. The lowest BCUT2D eigenvalue weighted by molar-refractivity contribution is 0.558. The molecule has 1 aromatic rings. The first-order valence-corrected chi connectivity index (χ1v) is 8.59. The van der Waals surface area contributed by atoms with Gasteiger partial charge < -0.3 is 10.6 Å². The smallest absolute Gasteiger partial charge is 0.0376 e. The molecule has 0 saturated heterocycles. The van der Waals surface area contributed by atoms with Crippen LogP contribution in [0.15, 0.2) is 42.5 Å². The molecule has 2 heteroatoms. The number of rotatable bonds is 6. The van der Waals surface area contributed by atoms with Gasteiger partial charge >= 0.3 is 0 Å². The van der Waals surface area contributed by atoms with Gasteiger partial charge in [-0.05, 0) is 62.8 Å². The Bertz CT molecular complexity index is 531. The van der Waals surface area contributed by atoms with Crippen molar-refractivity contribution in [3.05, 3.63) is 48.1 Å². The molecule has 0 aromatic heterocycles. The first kappa shape index (κ1) is 16.7. The highest BCUT2D eigenvalue weighted by Gasteiger charge is 2.16. The van der Waals surface area contributed by atoms with E-state index >= 15 is 0 Å². The Kier molecular flexibility index (Phi) is 6.11. The monoisotopic (exact) mass is 298 g/mol. The maximum Gasteiger partial charge on any atom is 0.0376 e. The lowest BCUT2D eigenvalue weighted by atomic mass is 9.96. The molecular formula is C20H30N2. The quantitative estimate of drug-likeness (QED) is 0.688. The molecule has 1 heterocycles. The molecule has 0 saturated carbocycles. The van der Waals surface area contributed by atoms with Crippen LogP contribution < -0.4 is 10.6 Å². The lowest BCUT2D eigenvalue weighted by Crippen LogP contribution is -2.26. The van der Waals surface area contributed by atoms with Crippen LogP contribution in [0.25, 0.3) is 0 Å². The molecule has 0 radical (unpaired) electrons. The third kappa shape index (κ3) is 4.40. The van der Waals surface area contributed by atoms with Crippen molar-refractivity contribution in [2.75, 3.05) is 10.6 Å². The summed E-state index contributed by atoms with van der Waals surface area (Å²) < 4.78 is 0. The predicted molar refractivity (Wildman–Crippen MR) is 98.7 cm³/mol. The number of aryl methyl sites for hydroxylation is 1. The minimum absolute atomic E-state index is 0.468. The summed E-state index contributed by atoms with van der Waals surface area (Å²) in [4.78, 5) is 0. The van der Waals surface area contributed by atoms with Crippen molar-refractivity contribution in [1.82, 2.24) is 0 Å². The van der Waals surface area contributed by atoms with Crippen molar-refractivity contribution in [1.29, 1.82) is 0 Å². The maximum absolute atomic E-state index is 3.71. The van der Waals surface area contributed by atoms with Gasteiger partial charge in [0.15, 0.2) is 0 Å². The summed E-state index contributed by atoms with van der Waals surface area (Å²) in [6.07, 6.45) is 12.1. The van der Waals surface area contributed by atoms with Gasteiger partial charge in [-0.25, -0.2) is 0 Å². The number of hydrogen-bond donors (Lipinski definition) is 2. The van der Waals surface area contributed by atoms with Crippen molar-refractivity contribution in [3.63, 3.8) is 0 Å². The normalized spacial score (nSPS) is 20.6. The molecule has 3 unspecified atom stereocenters. The van der Waals surface area contributed by atoms with Crippen LogP contribution in [0.1, 0.15) is 46.1 Å². The van der Waals surface area contributed by atoms with Gasteiger partial charge in [0, 0.05) is 23.5 Å². The number of fused-ring (bicyclic) bond motifs is 1. The summed E-state index contributed by atoms with van der Waals surface area (Å²) in [5.74, 6) is 0.510. The fraction of sp³-hybridized carbons (Fsp3) is 0.500. The van der Waals surface area contributed by atoms with Crippen LogP contribution in [-0.4, -0.2) is 12.1 Å². The summed E-state index contributed by atoms with van der Waals surface area (Å²) in [6.45, 7) is 8.83. The maximum atomic E-state index is 3.71. The molecule has 3 atom stereocenters. The number of anilines is 2. The van der Waals surface area contributed by atoms with Crippen LogP contribution in [0.3, 0.4) is 0 Å². The van der Waals surface area contributed by atoms with Crippen molar-refractivity contribution < 1.29 is 0 Å². The molecule has 1 aliphatic heterocycles. The van der Waals surface area contributed by atoms with Crippen LogP contribution in [-0.2, 0) is 6.42 Å². The molecule has 2 rings (SSSR count). The average molecular weight is 298 g/mol. The Morgan fingerprint density at radius 3 is 2.91 bits per heavy atom. The van der Waals surface area contributed by atoms with Gasteiger partial charge in [-0.3, -0.25) is 0 Å². The first-order valence-electron chi connectivity index (χ1n) is 8.59. The van der Waals surface area contributed by atoms with E-state index in [-0.39, 0.29) is 0 Å². The van der Waals surface area contributed by atoms with Gasteiger partial charge in [0.05, 0.1) is 0 Å². The Morgan fingerprint density at radius 1 is 1.36 bits per heavy atom. The van der Waals surface area contributed by atoms with E-state index in [2.05, 4.69) is 73.9 Å². The highest BCUT2D eigenvalue weighted by Crippen LogP contribution is 2.28. The van der Waals surface area contributed by atoms with Crippen molar-refractivity contribution >= 4 is 11.4 Å². The van der Waals surface area contributed by atoms with Gasteiger partial charge in [0.25, 0.3) is 0 Å². The van der Waals surface area contributed by atoms with E-state index in [0.717, 1.165) is 6.42 Å². The molecule has 120 valence electrons. The Labute approximate surface area is 135 Å². The highest BCUT2D eigenvalue weighted by atomic mass is 14.9. The second-order valence-corrected chi connectivity index (χ2v) is 6.38. The Hall–Kier alpha value is -1.70. The minimum atomic E-state index is 0.468. The van der Waals surface area contributed by atoms with Gasteiger partial charge in [0.1, 0.15) is 0 Å². The lowest BCUT2D eigenvalue weighted by Gasteiger charge is -2.27. The standard InChI is InChI=1S/C20H30N2/c1-5-7-8-9-15(3)19(6-2)22-18-12-13-20-17(14-18)11-10-16(4)21-20/h5,7-9,12-16,19,21-22H,6,10-11H2,1-4H3. The van der Waals surface area contributed by atoms with Crippen LogP contribution in [0, 0.1) is 5.92 Å². The Balaban J connectivity index is 2.05. The van der Waals surface area contributed by atoms with Gasteiger partial charge in [-0.2, -0.15) is 0 Å². The van der Waals surface area contributed by atoms with Gasteiger partial charge in [-0.1, -0.05) is 38.2 Å². The molecule has 1 aliphatic rings. The van der Waals surface area contributed by atoms with Crippen molar-refractivity contribution in [2.45, 2.75) is 59.0 Å². The van der Waals surface area contributed by atoms with E-state index in [0.29, 0.717) is 18.0 Å². The Morgan fingerprint density at radius 2 is 2.18 bits per heavy atom. The molecule has 2 nitrogen and oxygen atoms in total. The fourth-order valence-electron chi connectivity index (χ4n) is 3.04. The highest BCUT2D eigenvalue weighted by molar-refractivity contribution is 5.61. The molecule has 0 bridgehead atoms. The van der Waals surface area contributed by atoms with Crippen molar-refractivity contribution in [2.24, 2.45) is 5.92 Å². The summed E-state index contributed by atoms with van der Waals surface area (Å²) in [5.41, 5.74) is 3.99. The van der Waals surface area contributed by atoms with E-state index in [1.807, 2.05) is 6.92 Å². The van der Waals surface area contributed by atoms with Crippen molar-refractivity contribution in [3.8, 4) is 0 Å². The third-order valence-corrected chi connectivity index (χ3v) is 4.50. The molecule has 22 heavy (non-hydrogen) atoms. The molecule has 2 N–H and O–H groups in total. The van der Waals surface area contributed by atoms with E-state index < -0.39 is 0 Å². The third-order valence-electron chi connectivity index (χ3n) is 4.50. The predicted octanol–water partition coefficient (Wildman–Crippen LogP) is 5.39. The average Bonchev–Trinajstić information content (AvgIpc) is 2.52. The van der Waals surface area contributed by atoms with Crippen LogP contribution >= 0.6 is 0 Å². The van der Waals surface area contributed by atoms with E-state index in [9.17, 15) is 0 Å². The number of allylic oxidation sites excluding steroid dienone is 3. The second-order valence-electron chi connectivity index (χ2n) is 6.38.